The van der Waals surface area contributed by atoms with Gasteiger partial charge in [-0.2, -0.15) is 8.78 Å². The van der Waals surface area contributed by atoms with Crippen LogP contribution in [0.4, 0.5) is 8.78 Å². The second-order valence-electron chi connectivity index (χ2n) is 6.16. The van der Waals surface area contributed by atoms with Gasteiger partial charge in [0.1, 0.15) is 11.5 Å². The fourth-order valence-electron chi connectivity index (χ4n) is 2.55. The smallest absolute Gasteiger partial charge is 0.387 e. The van der Waals surface area contributed by atoms with E-state index in [2.05, 4.69) is 25.7 Å². The Morgan fingerprint density at radius 3 is 2.48 bits per heavy atom. The molecule has 0 heterocycles. The minimum atomic E-state index is -2.94. The van der Waals surface area contributed by atoms with Gasteiger partial charge in [-0.1, -0.05) is 30.3 Å². The van der Waals surface area contributed by atoms with Crippen LogP contribution in [-0.4, -0.2) is 38.7 Å². The first kappa shape index (κ1) is 26.4. The predicted octanol–water partition coefficient (Wildman–Crippen LogP) is 3.29. The minimum absolute atomic E-state index is 0. The van der Waals surface area contributed by atoms with E-state index < -0.39 is 6.61 Å². The Bertz CT molecular complexity index is 839. The number of alkyl halides is 2. The zero-order valence-electron chi connectivity index (χ0n) is 17.4. The molecule has 0 saturated carbocycles. The lowest BCUT2D eigenvalue weighted by Crippen LogP contribution is -2.43. The van der Waals surface area contributed by atoms with E-state index in [1.807, 2.05) is 37.3 Å². The number of carbonyl (C=O) groups is 1. The molecule has 0 aromatic heterocycles. The molecule has 0 fully saturated rings. The van der Waals surface area contributed by atoms with Crippen molar-refractivity contribution < 1.29 is 23.0 Å². The first-order valence-corrected chi connectivity index (χ1v) is 9.46. The average molecular weight is 548 g/mol. The monoisotopic (exact) mass is 548 g/mol. The lowest BCUT2D eigenvalue weighted by molar-refractivity contribution is -0.120. The molecule has 0 aliphatic rings. The number of benzene rings is 2. The highest BCUT2D eigenvalue weighted by atomic mass is 127. The predicted molar refractivity (Wildman–Crippen MR) is 126 cm³/mol. The molecule has 0 atom stereocenters. The molecule has 31 heavy (non-hydrogen) atoms. The number of guanidine groups is 1. The SMILES string of the molecule is CCNC(=NCc1cc(OC)ccc1OC(F)F)NCC(=O)NCc1ccccc1.I. The maximum absolute atomic E-state index is 12.6. The number of hydrogen-bond acceptors (Lipinski definition) is 4. The zero-order chi connectivity index (χ0) is 21.8. The van der Waals surface area contributed by atoms with Crippen LogP contribution >= 0.6 is 24.0 Å². The van der Waals surface area contributed by atoms with Crippen molar-refractivity contribution in [3.05, 3.63) is 59.7 Å². The molecule has 0 radical (unpaired) electrons. The third-order valence-electron chi connectivity index (χ3n) is 3.98. The molecule has 3 N–H and O–H groups in total. The molecular weight excluding hydrogens is 521 g/mol. The molecule has 0 unspecified atom stereocenters. The third kappa shape index (κ3) is 9.81. The molecule has 1 amide bonds. The molecular formula is C21H27F2IN4O3. The van der Waals surface area contributed by atoms with E-state index in [9.17, 15) is 13.6 Å². The van der Waals surface area contributed by atoms with Crippen molar-refractivity contribution >= 4 is 35.8 Å². The summed E-state index contributed by atoms with van der Waals surface area (Å²) in [5.41, 5.74) is 1.43. The van der Waals surface area contributed by atoms with Gasteiger partial charge in [-0.05, 0) is 30.7 Å². The molecule has 2 aromatic carbocycles. The summed E-state index contributed by atoms with van der Waals surface area (Å²) in [5.74, 6) is 0.691. The molecule has 2 aromatic rings. The normalized spacial score (nSPS) is 10.8. The quantitative estimate of drug-likeness (QED) is 0.241. The first-order valence-electron chi connectivity index (χ1n) is 9.46. The first-order chi connectivity index (χ1) is 14.5. The van der Waals surface area contributed by atoms with E-state index in [1.54, 1.807) is 6.07 Å². The van der Waals surface area contributed by atoms with Gasteiger partial charge in [-0.25, -0.2) is 4.99 Å². The summed E-state index contributed by atoms with van der Waals surface area (Å²) >= 11 is 0. The van der Waals surface area contributed by atoms with Gasteiger partial charge < -0.3 is 25.4 Å². The number of carbonyl (C=O) groups excluding carboxylic acids is 1. The number of amides is 1. The van der Waals surface area contributed by atoms with E-state index in [0.717, 1.165) is 5.56 Å². The van der Waals surface area contributed by atoms with Gasteiger partial charge in [-0.15, -0.1) is 24.0 Å². The molecule has 10 heteroatoms. The van der Waals surface area contributed by atoms with Crippen molar-refractivity contribution in [1.82, 2.24) is 16.0 Å². The summed E-state index contributed by atoms with van der Waals surface area (Å²) in [4.78, 5) is 16.4. The van der Waals surface area contributed by atoms with Gasteiger partial charge in [0, 0.05) is 18.7 Å². The summed E-state index contributed by atoms with van der Waals surface area (Å²) in [6.45, 7) is -0.00909. The van der Waals surface area contributed by atoms with Crippen LogP contribution in [-0.2, 0) is 17.9 Å². The summed E-state index contributed by atoms with van der Waals surface area (Å²) in [6, 6.07) is 14.1. The van der Waals surface area contributed by atoms with Gasteiger partial charge in [0.2, 0.25) is 5.91 Å². The third-order valence-corrected chi connectivity index (χ3v) is 3.98. The largest absolute Gasteiger partial charge is 0.497 e. The van der Waals surface area contributed by atoms with Crippen LogP contribution in [0.15, 0.2) is 53.5 Å². The van der Waals surface area contributed by atoms with Crippen molar-refractivity contribution in [2.75, 3.05) is 20.2 Å². The molecule has 0 aliphatic heterocycles. The number of rotatable bonds is 10. The minimum Gasteiger partial charge on any atom is -0.497 e. The fraction of sp³-hybridized carbons (Fsp3) is 0.333. The van der Waals surface area contributed by atoms with Gasteiger partial charge in [0.25, 0.3) is 0 Å². The van der Waals surface area contributed by atoms with E-state index in [-0.39, 0.29) is 48.7 Å². The van der Waals surface area contributed by atoms with Crippen LogP contribution in [0.2, 0.25) is 0 Å². The highest BCUT2D eigenvalue weighted by Gasteiger charge is 2.11. The number of aliphatic imine (C=N–C) groups is 1. The maximum atomic E-state index is 12.6. The Labute approximate surface area is 197 Å². The lowest BCUT2D eigenvalue weighted by atomic mass is 10.2. The van der Waals surface area contributed by atoms with E-state index >= 15 is 0 Å². The molecule has 0 aliphatic carbocycles. The zero-order valence-corrected chi connectivity index (χ0v) is 19.7. The van der Waals surface area contributed by atoms with Crippen LogP contribution in [0.25, 0.3) is 0 Å². The molecule has 170 valence electrons. The van der Waals surface area contributed by atoms with Crippen molar-refractivity contribution in [3.8, 4) is 11.5 Å². The number of hydrogen-bond donors (Lipinski definition) is 3. The topological polar surface area (TPSA) is 84.0 Å². The number of halogens is 3. The maximum Gasteiger partial charge on any atom is 0.387 e. The highest BCUT2D eigenvalue weighted by Crippen LogP contribution is 2.26. The molecule has 0 saturated heterocycles. The van der Waals surface area contributed by atoms with Gasteiger partial charge in [-0.3, -0.25) is 4.79 Å². The van der Waals surface area contributed by atoms with Crippen molar-refractivity contribution in [3.63, 3.8) is 0 Å². The molecule has 0 bridgehead atoms. The number of nitrogens with zero attached hydrogens (tertiary/aromatic N) is 1. The Morgan fingerprint density at radius 2 is 1.84 bits per heavy atom. The Morgan fingerprint density at radius 1 is 1.10 bits per heavy atom. The molecule has 7 nitrogen and oxygen atoms in total. The van der Waals surface area contributed by atoms with Gasteiger partial charge >= 0.3 is 6.61 Å². The lowest BCUT2D eigenvalue weighted by Gasteiger charge is -2.13. The number of nitrogens with one attached hydrogen (secondary N) is 3. The van der Waals surface area contributed by atoms with Crippen LogP contribution in [0.3, 0.4) is 0 Å². The Hall–Kier alpha value is -2.63. The number of ether oxygens (including phenoxy) is 2. The van der Waals surface area contributed by atoms with Crippen LogP contribution in [0, 0.1) is 0 Å². The van der Waals surface area contributed by atoms with Gasteiger partial charge in [0.15, 0.2) is 5.96 Å². The summed E-state index contributed by atoms with van der Waals surface area (Å²) in [5, 5.41) is 8.74. The van der Waals surface area contributed by atoms with Crippen LogP contribution < -0.4 is 25.4 Å². The van der Waals surface area contributed by atoms with E-state index in [0.29, 0.717) is 30.4 Å². The van der Waals surface area contributed by atoms with Crippen LogP contribution in [0.1, 0.15) is 18.1 Å². The standard InChI is InChI=1S/C21H26F2N4O3.HI/c1-3-24-21(27-14-19(28)25-12-15-7-5-4-6-8-15)26-13-16-11-17(29-2)9-10-18(16)30-20(22)23;/h4-11,20H,3,12-14H2,1-2H3,(H,25,28)(H2,24,26,27);1H. The van der Waals surface area contributed by atoms with Crippen molar-refractivity contribution in [2.24, 2.45) is 4.99 Å². The Balaban J connectivity index is 0.00000480. The fourth-order valence-corrected chi connectivity index (χ4v) is 2.55. The van der Waals surface area contributed by atoms with Crippen molar-refractivity contribution in [2.45, 2.75) is 26.6 Å². The second-order valence-corrected chi connectivity index (χ2v) is 6.16. The van der Waals surface area contributed by atoms with Gasteiger partial charge in [0.05, 0.1) is 20.2 Å². The molecule has 2 rings (SSSR count). The molecule has 0 spiro atoms. The average Bonchev–Trinajstić information content (AvgIpc) is 2.75. The Kier molecular flexibility index (Phi) is 12.3. The summed E-state index contributed by atoms with van der Waals surface area (Å²) in [6.07, 6.45) is 0. The van der Waals surface area contributed by atoms with Crippen LogP contribution in [0.5, 0.6) is 11.5 Å². The highest BCUT2D eigenvalue weighted by molar-refractivity contribution is 14.0. The van der Waals surface area contributed by atoms with Crippen molar-refractivity contribution in [1.29, 1.82) is 0 Å². The summed E-state index contributed by atoms with van der Waals surface area (Å²) in [7, 11) is 1.48. The van der Waals surface area contributed by atoms with E-state index in [4.69, 9.17) is 4.74 Å². The second kappa shape index (κ2) is 14.4. The summed E-state index contributed by atoms with van der Waals surface area (Å²) < 4.78 is 35.0. The van der Waals surface area contributed by atoms with E-state index in [1.165, 1.54) is 19.2 Å². The number of methoxy groups -OCH3 is 1.